The van der Waals surface area contributed by atoms with Crippen LogP contribution in [0.4, 0.5) is 5.82 Å². The summed E-state index contributed by atoms with van der Waals surface area (Å²) < 4.78 is 1.14. The average molecular weight is 392 g/mol. The van der Waals surface area contributed by atoms with E-state index >= 15 is 0 Å². The van der Waals surface area contributed by atoms with Crippen molar-refractivity contribution in [2.75, 3.05) is 37.5 Å². The molecule has 1 aromatic heterocycles. The Morgan fingerprint density at radius 3 is 2.74 bits per heavy atom. The molecule has 1 aromatic rings. The van der Waals surface area contributed by atoms with Gasteiger partial charge in [0.2, 0.25) is 0 Å². The van der Waals surface area contributed by atoms with Crippen LogP contribution in [0.1, 0.15) is 37.3 Å². The first-order chi connectivity index (χ1) is 9.04. The fourth-order valence-corrected chi connectivity index (χ4v) is 4.48. The molecule has 0 spiro atoms. The van der Waals surface area contributed by atoms with E-state index in [1.807, 2.05) is 18.8 Å². The lowest BCUT2D eigenvalue weighted by molar-refractivity contribution is 0.264. The van der Waals surface area contributed by atoms with Crippen molar-refractivity contribution in [3.05, 3.63) is 15.1 Å². The van der Waals surface area contributed by atoms with E-state index in [0.717, 1.165) is 33.2 Å². The van der Waals surface area contributed by atoms with Crippen molar-refractivity contribution in [3.8, 4) is 0 Å². The maximum Gasteiger partial charge on any atom is 0.149 e. The van der Waals surface area contributed by atoms with Crippen molar-refractivity contribution in [1.29, 1.82) is 0 Å². The summed E-state index contributed by atoms with van der Waals surface area (Å²) in [4.78, 5) is 11.9. The Bertz CT molecular complexity index is 453. The van der Waals surface area contributed by atoms with E-state index in [1.54, 1.807) is 0 Å². The first kappa shape index (κ1) is 15.3. The summed E-state index contributed by atoms with van der Waals surface area (Å²) in [5.41, 5.74) is 1.15. The minimum absolute atomic E-state index is 0.334. The number of rotatable bonds is 3. The minimum atomic E-state index is 0.334. The summed E-state index contributed by atoms with van der Waals surface area (Å²) in [6.07, 6.45) is 0. The number of nitrogens with one attached hydrogen (secondary N) is 1. The van der Waals surface area contributed by atoms with Crippen molar-refractivity contribution in [2.24, 2.45) is 0 Å². The van der Waals surface area contributed by atoms with Gasteiger partial charge < -0.3 is 5.32 Å². The number of halogens is 1. The minimum Gasteiger partial charge on any atom is -0.372 e. The second-order valence-electron chi connectivity index (χ2n) is 5.11. The summed E-state index contributed by atoms with van der Waals surface area (Å²) in [5, 5.41) is 3.20. The van der Waals surface area contributed by atoms with Crippen LogP contribution in [0.25, 0.3) is 0 Å². The predicted octanol–water partition coefficient (Wildman–Crippen LogP) is 2.97. The Morgan fingerprint density at radius 2 is 2.16 bits per heavy atom. The Morgan fingerprint density at radius 1 is 1.42 bits per heavy atom. The van der Waals surface area contributed by atoms with Crippen molar-refractivity contribution < 1.29 is 0 Å². The lowest BCUT2D eigenvalue weighted by atomic mass is 10.1. The van der Waals surface area contributed by atoms with Gasteiger partial charge in [0.25, 0.3) is 0 Å². The zero-order valence-corrected chi connectivity index (χ0v) is 14.9. The van der Waals surface area contributed by atoms with Crippen LogP contribution in [-0.2, 0) is 0 Å². The molecule has 0 saturated carbocycles. The molecule has 2 rings (SSSR count). The van der Waals surface area contributed by atoms with E-state index in [4.69, 9.17) is 9.97 Å². The standard InChI is InChI=1S/C13H21IN4S/c1-8(2)11-10(14)13(15-3)17-12(16-11)9-7-19-6-5-18(9)4/h8-9H,5-7H2,1-4H3,(H,15,16,17). The second-order valence-corrected chi connectivity index (χ2v) is 7.33. The molecule has 1 atom stereocenters. The van der Waals surface area contributed by atoms with E-state index in [1.165, 1.54) is 5.75 Å². The third-order valence-electron chi connectivity index (χ3n) is 3.37. The molecule has 1 saturated heterocycles. The van der Waals surface area contributed by atoms with Gasteiger partial charge in [0.15, 0.2) is 0 Å². The molecule has 1 N–H and O–H groups in total. The van der Waals surface area contributed by atoms with Crippen LogP contribution in [-0.4, -0.2) is 47.0 Å². The SMILES string of the molecule is CNc1nc(C2CSCCN2C)nc(C(C)C)c1I. The molecule has 1 unspecified atom stereocenters. The van der Waals surface area contributed by atoms with Gasteiger partial charge in [-0.25, -0.2) is 9.97 Å². The summed E-state index contributed by atoms with van der Waals surface area (Å²) >= 11 is 4.33. The van der Waals surface area contributed by atoms with Crippen molar-refractivity contribution in [1.82, 2.24) is 14.9 Å². The first-order valence-electron chi connectivity index (χ1n) is 6.57. The molecule has 1 fully saturated rings. The molecule has 4 nitrogen and oxygen atoms in total. The molecule has 1 aliphatic heterocycles. The Kier molecular flexibility index (Phi) is 5.30. The molecular weight excluding hydrogens is 371 g/mol. The number of aromatic nitrogens is 2. The zero-order valence-electron chi connectivity index (χ0n) is 11.9. The lowest BCUT2D eigenvalue weighted by Gasteiger charge is -2.31. The third-order valence-corrected chi connectivity index (χ3v) is 5.46. The van der Waals surface area contributed by atoms with Crippen molar-refractivity contribution in [2.45, 2.75) is 25.8 Å². The number of hydrogen-bond donors (Lipinski definition) is 1. The molecule has 0 bridgehead atoms. The summed E-state index contributed by atoms with van der Waals surface area (Å²) in [6, 6.07) is 0.334. The highest BCUT2D eigenvalue weighted by Crippen LogP contribution is 2.30. The van der Waals surface area contributed by atoms with Crippen LogP contribution in [0.3, 0.4) is 0 Å². The van der Waals surface area contributed by atoms with Gasteiger partial charge in [-0.2, -0.15) is 11.8 Å². The molecule has 19 heavy (non-hydrogen) atoms. The van der Waals surface area contributed by atoms with Gasteiger partial charge in [-0.1, -0.05) is 13.8 Å². The normalized spacial score (nSPS) is 20.8. The van der Waals surface area contributed by atoms with Crippen molar-refractivity contribution >= 4 is 40.2 Å². The van der Waals surface area contributed by atoms with Crippen LogP contribution < -0.4 is 5.32 Å². The molecule has 0 aromatic carbocycles. The predicted molar refractivity (Wildman–Crippen MR) is 91.1 cm³/mol. The molecule has 0 amide bonds. The van der Waals surface area contributed by atoms with Crippen LogP contribution >= 0.6 is 34.4 Å². The first-order valence-corrected chi connectivity index (χ1v) is 8.81. The quantitative estimate of drug-likeness (QED) is 0.802. The van der Waals surface area contributed by atoms with Gasteiger partial charge in [0, 0.05) is 25.1 Å². The fourth-order valence-electron chi connectivity index (χ4n) is 2.14. The van der Waals surface area contributed by atoms with Crippen LogP contribution in [0.5, 0.6) is 0 Å². The molecule has 0 aliphatic carbocycles. The van der Waals surface area contributed by atoms with E-state index < -0.39 is 0 Å². The van der Waals surface area contributed by atoms with Gasteiger partial charge in [-0.05, 0) is 35.6 Å². The fraction of sp³-hybridized carbons (Fsp3) is 0.692. The number of thioether (sulfide) groups is 1. The Hall–Kier alpha value is -0.0800. The number of nitrogens with zero attached hydrogens (tertiary/aromatic N) is 3. The van der Waals surface area contributed by atoms with E-state index in [0.29, 0.717) is 12.0 Å². The third kappa shape index (κ3) is 3.33. The van der Waals surface area contributed by atoms with Gasteiger partial charge in [-0.3, -0.25) is 4.90 Å². The van der Waals surface area contributed by atoms with Crippen molar-refractivity contribution in [3.63, 3.8) is 0 Å². The smallest absolute Gasteiger partial charge is 0.149 e. The molecule has 6 heteroatoms. The summed E-state index contributed by atoms with van der Waals surface area (Å²) in [6.45, 7) is 5.48. The Balaban J connectivity index is 2.42. The molecular formula is C13H21IN4S. The number of hydrogen-bond acceptors (Lipinski definition) is 5. The maximum atomic E-state index is 4.84. The highest BCUT2D eigenvalue weighted by atomic mass is 127. The lowest BCUT2D eigenvalue weighted by Crippen LogP contribution is -2.34. The zero-order chi connectivity index (χ0) is 14.0. The second kappa shape index (κ2) is 6.58. The number of anilines is 1. The topological polar surface area (TPSA) is 41.1 Å². The van der Waals surface area contributed by atoms with E-state index in [-0.39, 0.29) is 0 Å². The van der Waals surface area contributed by atoms with Crippen LogP contribution in [0.15, 0.2) is 0 Å². The molecule has 2 heterocycles. The Labute approximate surface area is 133 Å². The van der Waals surface area contributed by atoms with E-state index in [2.05, 4.69) is 53.7 Å². The van der Waals surface area contributed by atoms with Gasteiger partial charge in [-0.15, -0.1) is 0 Å². The van der Waals surface area contributed by atoms with E-state index in [9.17, 15) is 0 Å². The highest BCUT2D eigenvalue weighted by molar-refractivity contribution is 14.1. The summed E-state index contributed by atoms with van der Waals surface area (Å²) in [5.74, 6) is 4.62. The molecule has 1 aliphatic rings. The van der Waals surface area contributed by atoms with Crippen LogP contribution in [0.2, 0.25) is 0 Å². The maximum absolute atomic E-state index is 4.84. The summed E-state index contributed by atoms with van der Waals surface area (Å²) in [7, 11) is 4.09. The van der Waals surface area contributed by atoms with Gasteiger partial charge >= 0.3 is 0 Å². The molecule has 106 valence electrons. The highest BCUT2D eigenvalue weighted by Gasteiger charge is 2.26. The average Bonchev–Trinajstić information content (AvgIpc) is 2.39. The monoisotopic (exact) mass is 392 g/mol. The van der Waals surface area contributed by atoms with Crippen LogP contribution in [0, 0.1) is 3.57 Å². The van der Waals surface area contributed by atoms with Gasteiger partial charge in [0.1, 0.15) is 11.6 Å². The largest absolute Gasteiger partial charge is 0.372 e. The van der Waals surface area contributed by atoms with Gasteiger partial charge in [0.05, 0.1) is 15.3 Å². The molecule has 0 radical (unpaired) electrons.